The zero-order valence-corrected chi connectivity index (χ0v) is 11.6. The normalized spacial score (nSPS) is 12.7. The number of imidazole rings is 1. The molecule has 1 N–H and O–H groups in total. The summed E-state index contributed by atoms with van der Waals surface area (Å²) in [6.45, 7) is 4.29. The van der Waals surface area contributed by atoms with Crippen molar-refractivity contribution in [3.05, 3.63) is 53.1 Å². The standard InChI is InChI=1S/C15H21N3/c1-11-7-12(2)9-13(8-11)10-14(16-3)15-17-5-6-18(15)4/h5-9,14,16H,10H2,1-4H3. The molecule has 1 unspecified atom stereocenters. The second-order valence-corrected chi connectivity index (χ2v) is 4.94. The van der Waals surface area contributed by atoms with Crippen LogP contribution < -0.4 is 5.32 Å². The van der Waals surface area contributed by atoms with Crippen molar-refractivity contribution in [1.29, 1.82) is 0 Å². The molecule has 0 aliphatic heterocycles. The topological polar surface area (TPSA) is 29.9 Å². The second kappa shape index (κ2) is 5.36. The maximum atomic E-state index is 4.43. The third-order valence-corrected chi connectivity index (χ3v) is 3.24. The Hall–Kier alpha value is -1.61. The molecule has 0 saturated heterocycles. The minimum atomic E-state index is 0.256. The molecule has 0 radical (unpaired) electrons. The van der Waals surface area contributed by atoms with Crippen molar-refractivity contribution in [2.75, 3.05) is 7.05 Å². The highest BCUT2D eigenvalue weighted by molar-refractivity contribution is 5.29. The highest BCUT2D eigenvalue weighted by Gasteiger charge is 2.14. The molecule has 0 bridgehead atoms. The summed E-state index contributed by atoms with van der Waals surface area (Å²) < 4.78 is 2.07. The van der Waals surface area contributed by atoms with Gasteiger partial charge in [0, 0.05) is 19.4 Å². The van der Waals surface area contributed by atoms with Crippen LogP contribution in [0, 0.1) is 13.8 Å². The quantitative estimate of drug-likeness (QED) is 0.894. The summed E-state index contributed by atoms with van der Waals surface area (Å²) in [6.07, 6.45) is 4.80. The number of nitrogens with zero attached hydrogens (tertiary/aromatic N) is 2. The van der Waals surface area contributed by atoms with Gasteiger partial charge < -0.3 is 9.88 Å². The zero-order chi connectivity index (χ0) is 13.1. The van der Waals surface area contributed by atoms with E-state index in [1.807, 2.05) is 26.5 Å². The Morgan fingerprint density at radius 3 is 2.39 bits per heavy atom. The SMILES string of the molecule is CNC(Cc1cc(C)cc(C)c1)c1nccn1C. The monoisotopic (exact) mass is 243 g/mol. The molecule has 0 amide bonds. The van der Waals surface area contributed by atoms with Crippen LogP contribution in [0.15, 0.2) is 30.6 Å². The van der Waals surface area contributed by atoms with Gasteiger partial charge in [-0.15, -0.1) is 0 Å². The van der Waals surface area contributed by atoms with Crippen LogP contribution in [-0.2, 0) is 13.5 Å². The fourth-order valence-corrected chi connectivity index (χ4v) is 2.46. The lowest BCUT2D eigenvalue weighted by Gasteiger charge is -2.16. The van der Waals surface area contributed by atoms with E-state index in [9.17, 15) is 0 Å². The van der Waals surface area contributed by atoms with E-state index in [0.717, 1.165) is 12.2 Å². The average molecular weight is 243 g/mol. The zero-order valence-electron chi connectivity index (χ0n) is 11.6. The van der Waals surface area contributed by atoms with Crippen molar-refractivity contribution >= 4 is 0 Å². The van der Waals surface area contributed by atoms with Gasteiger partial charge >= 0.3 is 0 Å². The number of aromatic nitrogens is 2. The first kappa shape index (κ1) is 12.8. The van der Waals surface area contributed by atoms with Crippen molar-refractivity contribution < 1.29 is 0 Å². The van der Waals surface area contributed by atoms with E-state index >= 15 is 0 Å². The van der Waals surface area contributed by atoms with E-state index < -0.39 is 0 Å². The van der Waals surface area contributed by atoms with Crippen LogP contribution in [0.2, 0.25) is 0 Å². The lowest BCUT2D eigenvalue weighted by molar-refractivity contribution is 0.538. The van der Waals surface area contributed by atoms with Crippen LogP contribution in [0.5, 0.6) is 0 Å². The molecule has 2 aromatic rings. The summed E-state index contributed by atoms with van der Waals surface area (Å²) in [5, 5.41) is 3.35. The van der Waals surface area contributed by atoms with E-state index in [1.165, 1.54) is 16.7 Å². The van der Waals surface area contributed by atoms with Gasteiger partial charge in [0.15, 0.2) is 0 Å². The second-order valence-electron chi connectivity index (χ2n) is 4.94. The molecule has 0 aliphatic rings. The summed E-state index contributed by atoms with van der Waals surface area (Å²) >= 11 is 0. The average Bonchev–Trinajstić information content (AvgIpc) is 2.71. The van der Waals surface area contributed by atoms with E-state index in [4.69, 9.17) is 0 Å². The summed E-state index contributed by atoms with van der Waals surface area (Å²) in [6, 6.07) is 6.96. The van der Waals surface area contributed by atoms with Crippen LogP contribution in [0.25, 0.3) is 0 Å². The number of rotatable bonds is 4. The number of hydrogen-bond acceptors (Lipinski definition) is 2. The van der Waals surface area contributed by atoms with Crippen LogP contribution in [0.1, 0.15) is 28.6 Å². The molecule has 96 valence electrons. The maximum Gasteiger partial charge on any atom is 0.125 e. The molecular formula is C15H21N3. The van der Waals surface area contributed by atoms with Gasteiger partial charge in [0.2, 0.25) is 0 Å². The molecular weight excluding hydrogens is 222 g/mol. The Bertz CT molecular complexity index is 508. The van der Waals surface area contributed by atoms with Gasteiger partial charge in [0.05, 0.1) is 6.04 Å². The fourth-order valence-electron chi connectivity index (χ4n) is 2.46. The van der Waals surface area contributed by atoms with Crippen LogP contribution in [0.3, 0.4) is 0 Å². The van der Waals surface area contributed by atoms with Crippen molar-refractivity contribution in [2.24, 2.45) is 7.05 Å². The lowest BCUT2D eigenvalue weighted by atomic mass is 10.0. The molecule has 0 saturated carbocycles. The minimum absolute atomic E-state index is 0.256. The van der Waals surface area contributed by atoms with Crippen molar-refractivity contribution in [3.63, 3.8) is 0 Å². The van der Waals surface area contributed by atoms with Crippen molar-refractivity contribution in [2.45, 2.75) is 26.3 Å². The molecule has 18 heavy (non-hydrogen) atoms. The van der Waals surface area contributed by atoms with Crippen molar-refractivity contribution in [1.82, 2.24) is 14.9 Å². The van der Waals surface area contributed by atoms with E-state index in [2.05, 4.69) is 46.9 Å². The highest BCUT2D eigenvalue weighted by atomic mass is 15.1. The Kier molecular flexibility index (Phi) is 3.82. The van der Waals surface area contributed by atoms with Crippen LogP contribution >= 0.6 is 0 Å². The predicted molar refractivity (Wildman–Crippen MR) is 74.6 cm³/mol. The van der Waals surface area contributed by atoms with Crippen LogP contribution in [-0.4, -0.2) is 16.6 Å². The number of aryl methyl sites for hydroxylation is 3. The third-order valence-electron chi connectivity index (χ3n) is 3.24. The number of benzene rings is 1. The number of hydrogen-bond donors (Lipinski definition) is 1. The third kappa shape index (κ3) is 2.79. The number of likely N-dealkylation sites (N-methyl/N-ethyl adjacent to an activating group) is 1. The Morgan fingerprint density at radius 1 is 1.22 bits per heavy atom. The molecule has 1 aromatic heterocycles. The van der Waals surface area contributed by atoms with Gasteiger partial charge in [0.1, 0.15) is 5.82 Å². The van der Waals surface area contributed by atoms with Crippen LogP contribution in [0.4, 0.5) is 0 Å². The lowest BCUT2D eigenvalue weighted by Crippen LogP contribution is -2.22. The van der Waals surface area contributed by atoms with E-state index in [1.54, 1.807) is 0 Å². The van der Waals surface area contributed by atoms with E-state index in [-0.39, 0.29) is 6.04 Å². The molecule has 2 rings (SSSR count). The molecule has 0 fully saturated rings. The van der Waals surface area contributed by atoms with Gasteiger partial charge in [-0.2, -0.15) is 0 Å². The van der Waals surface area contributed by atoms with Gasteiger partial charge in [-0.05, 0) is 32.9 Å². The minimum Gasteiger partial charge on any atom is -0.337 e. The Labute approximate surface area is 109 Å². The van der Waals surface area contributed by atoms with Gasteiger partial charge in [0.25, 0.3) is 0 Å². The molecule has 3 heteroatoms. The Balaban J connectivity index is 2.23. The fraction of sp³-hybridized carbons (Fsp3) is 0.400. The van der Waals surface area contributed by atoms with Gasteiger partial charge in [-0.1, -0.05) is 29.3 Å². The van der Waals surface area contributed by atoms with Crippen molar-refractivity contribution in [3.8, 4) is 0 Å². The first-order valence-electron chi connectivity index (χ1n) is 6.32. The Morgan fingerprint density at radius 2 is 1.89 bits per heavy atom. The molecule has 3 nitrogen and oxygen atoms in total. The summed E-state index contributed by atoms with van der Waals surface area (Å²) in [7, 11) is 4.02. The largest absolute Gasteiger partial charge is 0.337 e. The molecule has 1 atom stereocenters. The molecule has 1 aromatic carbocycles. The van der Waals surface area contributed by atoms with Gasteiger partial charge in [-0.25, -0.2) is 4.98 Å². The molecule has 0 aliphatic carbocycles. The summed E-state index contributed by atoms with van der Waals surface area (Å²) in [5.41, 5.74) is 3.99. The first-order chi connectivity index (χ1) is 8.60. The maximum absolute atomic E-state index is 4.43. The predicted octanol–water partition coefficient (Wildman–Crippen LogP) is 2.54. The molecule has 1 heterocycles. The summed E-state index contributed by atoms with van der Waals surface area (Å²) in [5.74, 6) is 1.08. The highest BCUT2D eigenvalue weighted by Crippen LogP contribution is 2.18. The smallest absolute Gasteiger partial charge is 0.125 e. The van der Waals surface area contributed by atoms with Gasteiger partial charge in [-0.3, -0.25) is 0 Å². The first-order valence-corrected chi connectivity index (χ1v) is 6.32. The number of nitrogens with one attached hydrogen (secondary N) is 1. The van der Waals surface area contributed by atoms with E-state index in [0.29, 0.717) is 0 Å². The molecule has 0 spiro atoms. The summed E-state index contributed by atoms with van der Waals surface area (Å²) in [4.78, 5) is 4.43.